The Kier molecular flexibility index (Phi) is 7.27. The van der Waals surface area contributed by atoms with E-state index in [1.807, 2.05) is 32.9 Å². The summed E-state index contributed by atoms with van der Waals surface area (Å²) in [4.78, 5) is 62.7. The van der Waals surface area contributed by atoms with Gasteiger partial charge < -0.3 is 15.1 Å². The number of Topliss-reactive ketones (excluding diaryl/α,β-unsaturated/α-hetero) is 1. The molecule has 232 valence electrons. The van der Waals surface area contributed by atoms with E-state index >= 15 is 0 Å². The van der Waals surface area contributed by atoms with E-state index < -0.39 is 6.04 Å². The first-order valence-corrected chi connectivity index (χ1v) is 16.0. The number of fused-ring (bicyclic) bond motifs is 2. The van der Waals surface area contributed by atoms with Gasteiger partial charge in [0.1, 0.15) is 34.5 Å². The molecule has 0 spiro atoms. The number of halogens is 1. The first-order chi connectivity index (χ1) is 21.5. The highest BCUT2D eigenvalue weighted by atomic mass is 79.9. The average Bonchev–Trinajstić information content (AvgIpc) is 3.37. The molecule has 0 aromatic carbocycles. The van der Waals surface area contributed by atoms with Gasteiger partial charge >= 0.3 is 0 Å². The lowest BCUT2D eigenvalue weighted by Crippen LogP contribution is -2.47. The van der Waals surface area contributed by atoms with Crippen LogP contribution in [0.2, 0.25) is 0 Å². The van der Waals surface area contributed by atoms with Crippen molar-refractivity contribution < 1.29 is 14.4 Å². The summed E-state index contributed by atoms with van der Waals surface area (Å²) < 4.78 is 2.19. The minimum Gasteiger partial charge on any atom is -0.325 e. The lowest BCUT2D eigenvalue weighted by atomic mass is 9.97. The Balaban J connectivity index is 1.21. The van der Waals surface area contributed by atoms with Gasteiger partial charge in [0.25, 0.3) is 0 Å². The maximum Gasteiger partial charge on any atom is 0.248 e. The molecule has 45 heavy (non-hydrogen) atoms. The van der Waals surface area contributed by atoms with E-state index in [1.54, 1.807) is 28.0 Å². The fourth-order valence-corrected chi connectivity index (χ4v) is 7.22. The number of piperidine rings is 1. The van der Waals surface area contributed by atoms with Crippen molar-refractivity contribution >= 4 is 50.2 Å². The zero-order valence-electron chi connectivity index (χ0n) is 25.7. The van der Waals surface area contributed by atoms with Crippen LogP contribution in [0, 0.1) is 26.2 Å². The predicted octanol–water partition coefficient (Wildman–Crippen LogP) is 3.88. The molecule has 2 amide bonds. The number of nitrogens with zero attached hydrogens (tertiary/aromatic N) is 8. The highest BCUT2D eigenvalue weighted by Gasteiger charge is 2.67. The number of hydrogen-bond donors (Lipinski definition) is 1. The number of amides is 2. The number of pyridine rings is 2. The van der Waals surface area contributed by atoms with Crippen LogP contribution in [0.15, 0.2) is 35.2 Å². The highest BCUT2D eigenvalue weighted by Crippen LogP contribution is 2.60. The average molecular weight is 673 g/mol. The predicted molar refractivity (Wildman–Crippen MR) is 170 cm³/mol. The Labute approximate surface area is 268 Å². The van der Waals surface area contributed by atoms with Gasteiger partial charge in [-0.05, 0) is 86.7 Å². The number of carbonyl (C=O) groups excluding carboxylic acids is 3. The van der Waals surface area contributed by atoms with Gasteiger partial charge in [-0.3, -0.25) is 24.0 Å². The number of rotatable bonds is 8. The Bertz CT molecular complexity index is 1870. The van der Waals surface area contributed by atoms with Crippen molar-refractivity contribution in [1.29, 1.82) is 0 Å². The number of nitrogens with one attached hydrogen (secondary N) is 1. The second-order valence-corrected chi connectivity index (χ2v) is 13.4. The Morgan fingerprint density at radius 1 is 1.07 bits per heavy atom. The van der Waals surface area contributed by atoms with Crippen LogP contribution in [0.25, 0.3) is 22.2 Å². The third kappa shape index (κ3) is 5.31. The fourth-order valence-electron chi connectivity index (χ4n) is 6.91. The third-order valence-electron chi connectivity index (χ3n) is 9.40. The molecule has 0 radical (unpaired) electrons. The van der Waals surface area contributed by atoms with Crippen molar-refractivity contribution in [2.75, 3.05) is 25.0 Å². The molecule has 3 fully saturated rings. The fraction of sp³-hybridized carbons (Fsp3) is 0.438. The summed E-state index contributed by atoms with van der Waals surface area (Å²) in [7, 11) is 0. The summed E-state index contributed by atoms with van der Waals surface area (Å²) in [6.07, 6.45) is 6.04. The Morgan fingerprint density at radius 2 is 1.82 bits per heavy atom. The van der Waals surface area contributed by atoms with Crippen LogP contribution in [0.5, 0.6) is 0 Å². The summed E-state index contributed by atoms with van der Waals surface area (Å²) in [5.41, 5.74) is 3.58. The molecule has 7 rings (SSSR count). The number of anilines is 1. The Morgan fingerprint density at radius 3 is 2.51 bits per heavy atom. The van der Waals surface area contributed by atoms with E-state index in [0.29, 0.717) is 45.0 Å². The van der Waals surface area contributed by atoms with Gasteiger partial charge in [0.05, 0.1) is 16.9 Å². The molecule has 0 unspecified atom stereocenters. The molecular weight excluding hydrogens is 638 g/mol. The van der Waals surface area contributed by atoms with E-state index in [1.165, 1.54) is 13.3 Å². The topological polar surface area (TPSA) is 139 Å². The summed E-state index contributed by atoms with van der Waals surface area (Å²) in [6.45, 7) is 9.87. The van der Waals surface area contributed by atoms with Gasteiger partial charge in [0.2, 0.25) is 11.8 Å². The molecule has 4 aromatic rings. The number of aromatic nitrogens is 6. The third-order valence-corrected chi connectivity index (χ3v) is 9.84. The quantitative estimate of drug-likeness (QED) is 0.218. The summed E-state index contributed by atoms with van der Waals surface area (Å²) in [6, 6.07) is 4.85. The second-order valence-electron chi connectivity index (χ2n) is 12.6. The van der Waals surface area contributed by atoms with Crippen molar-refractivity contribution in [3.05, 3.63) is 58.0 Å². The number of hydrogen-bond acceptors (Lipinski definition) is 9. The normalized spacial score (nSPS) is 22.3. The number of carbonyl (C=O) groups is 3. The highest BCUT2D eigenvalue weighted by molar-refractivity contribution is 9.10. The van der Waals surface area contributed by atoms with Crippen LogP contribution in [-0.4, -0.2) is 88.8 Å². The van der Waals surface area contributed by atoms with Gasteiger partial charge in [-0.15, -0.1) is 0 Å². The smallest absolute Gasteiger partial charge is 0.248 e. The maximum absolute atomic E-state index is 14.2. The van der Waals surface area contributed by atoms with Crippen LogP contribution >= 0.6 is 15.9 Å². The van der Waals surface area contributed by atoms with Crippen LogP contribution in [0.3, 0.4) is 0 Å². The first kappa shape index (κ1) is 29.6. The van der Waals surface area contributed by atoms with E-state index in [0.717, 1.165) is 37.2 Å². The summed E-state index contributed by atoms with van der Waals surface area (Å²) in [5.74, 6) is 0.448. The van der Waals surface area contributed by atoms with Crippen LogP contribution in [0.4, 0.5) is 5.82 Å². The molecule has 3 aliphatic rings. The van der Waals surface area contributed by atoms with Crippen molar-refractivity contribution in [2.24, 2.45) is 5.41 Å². The van der Waals surface area contributed by atoms with Gasteiger partial charge in [0.15, 0.2) is 5.78 Å². The van der Waals surface area contributed by atoms with Crippen LogP contribution in [-0.2, 0) is 16.1 Å². The van der Waals surface area contributed by atoms with Crippen LogP contribution in [0.1, 0.15) is 53.8 Å². The monoisotopic (exact) mass is 671 g/mol. The minimum atomic E-state index is -0.640. The van der Waals surface area contributed by atoms with Crippen LogP contribution < -0.4 is 5.32 Å². The standard InChI is InChI=1S/C32H34BrN9O3/c1-17-6-7-26(33)37-30(17)38-31(45)24-11-32(16-40-8-5-9-40)12-25(32)42(24)27(44)15-41-29-18(2)36-23(21-13-34-20(4)35-14-21)10-22(29)28(39-41)19(3)43/h6-7,10,13-14,24-25H,5,8-9,11-12,15-16H2,1-4H3,(H,37,38,45)/t24-,25+,32-/m0/s1. The first-order valence-electron chi connectivity index (χ1n) is 15.2. The van der Waals surface area contributed by atoms with E-state index in [9.17, 15) is 14.4 Å². The maximum atomic E-state index is 14.2. The van der Waals surface area contributed by atoms with Crippen molar-refractivity contribution in [2.45, 2.75) is 65.6 Å². The van der Waals surface area contributed by atoms with Gasteiger partial charge in [-0.25, -0.2) is 15.0 Å². The van der Waals surface area contributed by atoms with Crippen molar-refractivity contribution in [3.8, 4) is 11.3 Å². The molecule has 2 saturated heterocycles. The molecular formula is C32H34BrN9O3. The van der Waals surface area contributed by atoms with Gasteiger partial charge in [-0.1, -0.05) is 6.07 Å². The number of aryl methyl sites for hydroxylation is 3. The Hall–Kier alpha value is -4.10. The van der Waals surface area contributed by atoms with Gasteiger partial charge in [-0.2, -0.15) is 5.10 Å². The lowest BCUT2D eigenvalue weighted by Gasteiger charge is -2.33. The minimum absolute atomic E-state index is 0.0284. The second kappa shape index (κ2) is 11.1. The van der Waals surface area contributed by atoms with E-state index in [2.05, 4.69) is 46.2 Å². The zero-order valence-corrected chi connectivity index (χ0v) is 27.3. The number of likely N-dealkylation sites (tertiary alicyclic amines) is 2. The molecule has 1 aliphatic carbocycles. The molecule has 6 heterocycles. The molecule has 12 nitrogen and oxygen atoms in total. The molecule has 1 saturated carbocycles. The molecule has 3 atom stereocenters. The van der Waals surface area contributed by atoms with Crippen molar-refractivity contribution in [3.63, 3.8) is 0 Å². The molecule has 4 aromatic heterocycles. The summed E-state index contributed by atoms with van der Waals surface area (Å²) >= 11 is 3.39. The van der Waals surface area contributed by atoms with Crippen molar-refractivity contribution in [1.82, 2.24) is 39.5 Å². The molecule has 2 aliphatic heterocycles. The van der Waals surface area contributed by atoms with E-state index in [-0.39, 0.29) is 41.3 Å². The lowest BCUT2D eigenvalue weighted by molar-refractivity contribution is -0.138. The molecule has 1 N–H and O–H groups in total. The zero-order chi connectivity index (χ0) is 31.6. The SMILES string of the molecule is CC(=O)c1nn(CC(=O)N2[C@H](C(=O)Nc3nc(Br)ccc3C)C[C@@]3(CN4CCC4)C[C@@H]23)c2c(C)nc(-c3cnc(C)nc3)cc12. The van der Waals surface area contributed by atoms with E-state index in [4.69, 9.17) is 4.98 Å². The van der Waals surface area contributed by atoms with Gasteiger partial charge in [0, 0.05) is 48.3 Å². The molecule has 13 heteroatoms. The largest absolute Gasteiger partial charge is 0.325 e. The number of ketones is 1. The molecule has 0 bridgehead atoms. The summed E-state index contributed by atoms with van der Waals surface area (Å²) in [5, 5.41) is 8.22.